The predicted molar refractivity (Wildman–Crippen MR) is 65.4 cm³/mol. The average Bonchev–Trinajstić information content (AvgIpc) is 2.83. The quantitative estimate of drug-likeness (QED) is 0.797. The fourth-order valence-corrected chi connectivity index (χ4v) is 2.72. The Morgan fingerprint density at radius 2 is 2.00 bits per heavy atom. The van der Waals surface area contributed by atoms with Gasteiger partial charge in [0, 0.05) is 5.92 Å². The molecule has 0 saturated heterocycles. The van der Waals surface area contributed by atoms with Gasteiger partial charge in [0.05, 0.1) is 7.11 Å². The zero-order valence-corrected chi connectivity index (χ0v) is 10.1. The van der Waals surface area contributed by atoms with Crippen molar-refractivity contribution in [3.8, 4) is 5.88 Å². The summed E-state index contributed by atoms with van der Waals surface area (Å²) in [7, 11) is 1.69. The lowest BCUT2D eigenvalue weighted by molar-refractivity contribution is 0.379. The van der Waals surface area contributed by atoms with Crippen LogP contribution in [0, 0.1) is 0 Å². The van der Waals surface area contributed by atoms with Crippen LogP contribution in [-0.4, -0.2) is 21.7 Å². The summed E-state index contributed by atoms with van der Waals surface area (Å²) in [5.74, 6) is 2.43. The Morgan fingerprint density at radius 1 is 1.18 bits per heavy atom. The Morgan fingerprint density at radius 3 is 2.76 bits per heavy atom. The molecule has 0 N–H and O–H groups in total. The number of fused-ring (bicyclic) bond motifs is 1. The van der Waals surface area contributed by atoms with Gasteiger partial charge in [0.25, 0.3) is 0 Å². The molecule has 0 spiro atoms. The minimum Gasteiger partial charge on any atom is -0.482 e. The zero-order valence-electron chi connectivity index (χ0n) is 10.1. The van der Waals surface area contributed by atoms with Crippen molar-refractivity contribution in [2.45, 2.75) is 38.0 Å². The molecule has 2 aromatic heterocycles. The fraction of sp³-hybridized carbons (Fsp3) is 0.538. The zero-order chi connectivity index (χ0) is 11.7. The molecular formula is C13H17N3O. The second-order valence-electron chi connectivity index (χ2n) is 4.65. The Labute approximate surface area is 101 Å². The van der Waals surface area contributed by atoms with Gasteiger partial charge in [-0.25, -0.2) is 4.40 Å². The van der Waals surface area contributed by atoms with Crippen molar-refractivity contribution in [2.75, 3.05) is 7.11 Å². The highest BCUT2D eigenvalue weighted by atomic mass is 16.5. The van der Waals surface area contributed by atoms with Gasteiger partial charge in [-0.2, -0.15) is 0 Å². The minimum atomic E-state index is 0.537. The van der Waals surface area contributed by atoms with Crippen molar-refractivity contribution in [1.29, 1.82) is 0 Å². The van der Waals surface area contributed by atoms with Crippen molar-refractivity contribution in [2.24, 2.45) is 0 Å². The van der Waals surface area contributed by atoms with Crippen LogP contribution < -0.4 is 4.74 Å². The van der Waals surface area contributed by atoms with E-state index in [1.807, 2.05) is 18.2 Å². The molecule has 0 aliphatic heterocycles. The standard InChI is InChI=1S/C13H17N3O/c1-17-12-9-5-8-11-14-15-13(16(11)12)10-6-3-2-4-7-10/h5,8-10H,2-4,6-7H2,1H3. The molecule has 0 atom stereocenters. The van der Waals surface area contributed by atoms with E-state index in [9.17, 15) is 0 Å². The van der Waals surface area contributed by atoms with E-state index in [1.54, 1.807) is 7.11 Å². The summed E-state index contributed by atoms with van der Waals surface area (Å²) < 4.78 is 7.45. The first-order valence-electron chi connectivity index (χ1n) is 6.28. The molecule has 1 aliphatic rings. The molecular weight excluding hydrogens is 214 g/mol. The van der Waals surface area contributed by atoms with E-state index in [1.165, 1.54) is 32.1 Å². The van der Waals surface area contributed by atoms with Crippen LogP contribution in [-0.2, 0) is 0 Å². The summed E-state index contributed by atoms with van der Waals surface area (Å²) in [6, 6.07) is 5.89. The van der Waals surface area contributed by atoms with Gasteiger partial charge in [-0.15, -0.1) is 10.2 Å². The second-order valence-corrected chi connectivity index (χ2v) is 4.65. The van der Waals surface area contributed by atoms with Crippen LogP contribution in [0.1, 0.15) is 43.8 Å². The maximum atomic E-state index is 5.40. The second kappa shape index (κ2) is 4.35. The maximum absolute atomic E-state index is 5.40. The van der Waals surface area contributed by atoms with Crippen LogP contribution in [0.25, 0.3) is 5.65 Å². The summed E-state index contributed by atoms with van der Waals surface area (Å²) in [6.07, 6.45) is 6.39. The molecule has 17 heavy (non-hydrogen) atoms. The molecule has 1 fully saturated rings. The highest BCUT2D eigenvalue weighted by molar-refractivity contribution is 5.42. The highest BCUT2D eigenvalue weighted by Crippen LogP contribution is 2.33. The van der Waals surface area contributed by atoms with Crippen LogP contribution in [0.4, 0.5) is 0 Å². The van der Waals surface area contributed by atoms with Crippen LogP contribution in [0.3, 0.4) is 0 Å². The molecule has 3 rings (SSSR count). The number of hydrogen-bond donors (Lipinski definition) is 0. The maximum Gasteiger partial charge on any atom is 0.200 e. The van der Waals surface area contributed by atoms with Crippen molar-refractivity contribution in [3.63, 3.8) is 0 Å². The van der Waals surface area contributed by atoms with Crippen molar-refractivity contribution < 1.29 is 4.74 Å². The summed E-state index contributed by atoms with van der Waals surface area (Å²) >= 11 is 0. The fourth-order valence-electron chi connectivity index (χ4n) is 2.72. The van der Waals surface area contributed by atoms with E-state index in [2.05, 4.69) is 14.6 Å². The van der Waals surface area contributed by atoms with Gasteiger partial charge >= 0.3 is 0 Å². The first-order valence-corrected chi connectivity index (χ1v) is 6.28. The third kappa shape index (κ3) is 1.77. The van der Waals surface area contributed by atoms with Crippen molar-refractivity contribution >= 4 is 5.65 Å². The van der Waals surface area contributed by atoms with Crippen molar-refractivity contribution in [3.05, 3.63) is 24.0 Å². The average molecular weight is 231 g/mol. The van der Waals surface area contributed by atoms with Gasteiger partial charge < -0.3 is 4.74 Å². The van der Waals surface area contributed by atoms with Crippen LogP contribution in [0.15, 0.2) is 18.2 Å². The van der Waals surface area contributed by atoms with Gasteiger partial charge in [0.1, 0.15) is 5.82 Å². The molecule has 4 heteroatoms. The van der Waals surface area contributed by atoms with E-state index >= 15 is 0 Å². The van der Waals surface area contributed by atoms with E-state index in [0.29, 0.717) is 5.92 Å². The number of methoxy groups -OCH3 is 1. The van der Waals surface area contributed by atoms with Crippen LogP contribution in [0.2, 0.25) is 0 Å². The topological polar surface area (TPSA) is 39.4 Å². The molecule has 0 bridgehead atoms. The first kappa shape index (κ1) is 10.6. The number of nitrogens with zero attached hydrogens (tertiary/aromatic N) is 3. The SMILES string of the molecule is COc1cccc2nnc(C3CCCCC3)n12. The first-order chi connectivity index (χ1) is 8.40. The van der Waals surface area contributed by atoms with E-state index in [-0.39, 0.29) is 0 Å². The molecule has 0 unspecified atom stereocenters. The molecule has 2 aromatic rings. The van der Waals surface area contributed by atoms with Gasteiger partial charge in [-0.3, -0.25) is 0 Å². The van der Waals surface area contributed by atoms with Gasteiger partial charge in [0.2, 0.25) is 5.88 Å². The number of aromatic nitrogens is 3. The molecule has 4 nitrogen and oxygen atoms in total. The summed E-state index contributed by atoms with van der Waals surface area (Å²) in [6.45, 7) is 0. The molecule has 1 saturated carbocycles. The Bertz CT molecular complexity index is 514. The molecule has 0 aromatic carbocycles. The smallest absolute Gasteiger partial charge is 0.200 e. The highest BCUT2D eigenvalue weighted by Gasteiger charge is 2.22. The summed E-state index contributed by atoms with van der Waals surface area (Å²) in [5, 5.41) is 8.60. The molecule has 90 valence electrons. The van der Waals surface area contributed by atoms with Gasteiger partial charge in [-0.05, 0) is 25.0 Å². The third-order valence-corrected chi connectivity index (χ3v) is 3.60. The molecule has 2 heterocycles. The Kier molecular flexibility index (Phi) is 2.71. The van der Waals surface area contributed by atoms with Crippen LogP contribution in [0.5, 0.6) is 5.88 Å². The lowest BCUT2D eigenvalue weighted by Crippen LogP contribution is -2.09. The number of rotatable bonds is 2. The van der Waals surface area contributed by atoms with E-state index < -0.39 is 0 Å². The van der Waals surface area contributed by atoms with Gasteiger partial charge in [-0.1, -0.05) is 25.3 Å². The van der Waals surface area contributed by atoms with E-state index in [4.69, 9.17) is 4.74 Å². The lowest BCUT2D eigenvalue weighted by Gasteiger charge is -2.20. The number of hydrogen-bond acceptors (Lipinski definition) is 3. The predicted octanol–water partition coefficient (Wildman–Crippen LogP) is 2.79. The minimum absolute atomic E-state index is 0.537. The van der Waals surface area contributed by atoms with Gasteiger partial charge in [0.15, 0.2) is 5.65 Å². The van der Waals surface area contributed by atoms with E-state index in [0.717, 1.165) is 17.4 Å². The Hall–Kier alpha value is -1.58. The third-order valence-electron chi connectivity index (χ3n) is 3.60. The lowest BCUT2D eigenvalue weighted by atomic mass is 9.89. The summed E-state index contributed by atoms with van der Waals surface area (Å²) in [5.41, 5.74) is 0.880. The largest absolute Gasteiger partial charge is 0.482 e. The monoisotopic (exact) mass is 231 g/mol. The Balaban J connectivity index is 2.09. The number of ether oxygens (including phenoxy) is 1. The molecule has 1 aliphatic carbocycles. The normalized spacial score (nSPS) is 17.5. The summed E-state index contributed by atoms with van der Waals surface area (Å²) in [4.78, 5) is 0. The van der Waals surface area contributed by atoms with Crippen LogP contribution >= 0.6 is 0 Å². The molecule has 0 radical (unpaired) electrons. The molecule has 0 amide bonds. The number of pyridine rings is 1. The van der Waals surface area contributed by atoms with Crippen molar-refractivity contribution in [1.82, 2.24) is 14.6 Å².